The number of rotatable bonds is 8. The van der Waals surface area contributed by atoms with E-state index < -0.39 is 0 Å². The number of anilines is 2. The largest absolute Gasteiger partial charge is 0.484 e. The van der Waals surface area contributed by atoms with Crippen LogP contribution < -0.4 is 10.1 Å². The number of amides is 1. The van der Waals surface area contributed by atoms with Gasteiger partial charge in [0, 0.05) is 40.1 Å². The molecule has 0 radical (unpaired) electrons. The smallest absolute Gasteiger partial charge is 0.260 e. The zero-order valence-electron chi connectivity index (χ0n) is 18.6. The highest BCUT2D eigenvalue weighted by atomic mass is 35.5. The summed E-state index contributed by atoms with van der Waals surface area (Å²) in [5, 5.41) is 14.8. The van der Waals surface area contributed by atoms with Crippen LogP contribution in [-0.2, 0) is 4.79 Å². The number of halogens is 1. The number of hydrogen-bond acceptors (Lipinski definition) is 5. The number of fused-ring (bicyclic) bond motifs is 1. The van der Waals surface area contributed by atoms with Crippen molar-refractivity contribution in [1.82, 2.24) is 15.1 Å². The minimum Gasteiger partial charge on any atom is -0.484 e. The van der Waals surface area contributed by atoms with E-state index in [4.69, 9.17) is 16.3 Å². The van der Waals surface area contributed by atoms with E-state index in [9.17, 15) is 4.79 Å². The Labute approximate surface area is 198 Å². The summed E-state index contributed by atoms with van der Waals surface area (Å²) < 4.78 is 5.68. The number of ether oxygens (including phenoxy) is 1. The Kier molecular flexibility index (Phi) is 7.05. The van der Waals surface area contributed by atoms with Gasteiger partial charge in [-0.15, -0.1) is 10.2 Å². The summed E-state index contributed by atoms with van der Waals surface area (Å²) in [6, 6.07) is 23.0. The molecule has 33 heavy (non-hydrogen) atoms. The number of carbonyl (C=O) groups is 1. The summed E-state index contributed by atoms with van der Waals surface area (Å²) in [7, 11) is 0. The minimum atomic E-state index is -0.0243. The second-order valence-corrected chi connectivity index (χ2v) is 7.89. The molecule has 0 atom stereocenters. The fourth-order valence-corrected chi connectivity index (χ4v) is 3.82. The van der Waals surface area contributed by atoms with Crippen molar-refractivity contribution < 1.29 is 9.53 Å². The molecule has 4 rings (SSSR count). The Morgan fingerprint density at radius 1 is 0.939 bits per heavy atom. The van der Waals surface area contributed by atoms with Gasteiger partial charge in [0.25, 0.3) is 5.91 Å². The van der Waals surface area contributed by atoms with Crippen LogP contribution in [0.25, 0.3) is 22.0 Å². The van der Waals surface area contributed by atoms with Gasteiger partial charge in [0.15, 0.2) is 12.4 Å². The molecule has 0 aliphatic carbocycles. The number of nitrogens with one attached hydrogen (secondary N) is 1. The molecule has 0 aliphatic rings. The zero-order chi connectivity index (χ0) is 23.2. The molecule has 0 spiro atoms. The third-order valence-electron chi connectivity index (χ3n) is 5.38. The second-order valence-electron chi connectivity index (χ2n) is 7.46. The maximum atomic E-state index is 12.2. The fourth-order valence-electron chi connectivity index (χ4n) is 3.63. The maximum Gasteiger partial charge on any atom is 0.260 e. The first kappa shape index (κ1) is 22.6. The van der Waals surface area contributed by atoms with E-state index in [2.05, 4.69) is 15.5 Å². The number of carbonyl (C=O) groups excluding carboxylic acids is 1. The van der Waals surface area contributed by atoms with Gasteiger partial charge in [-0.3, -0.25) is 4.79 Å². The highest BCUT2D eigenvalue weighted by Crippen LogP contribution is 2.32. The van der Waals surface area contributed by atoms with Crippen molar-refractivity contribution in [3.63, 3.8) is 0 Å². The van der Waals surface area contributed by atoms with Crippen molar-refractivity contribution in [2.75, 3.05) is 25.0 Å². The van der Waals surface area contributed by atoms with Crippen molar-refractivity contribution in [3.8, 4) is 17.0 Å². The lowest BCUT2D eigenvalue weighted by atomic mass is 10.0. The Balaban J connectivity index is 1.57. The molecule has 0 saturated heterocycles. The first-order valence-corrected chi connectivity index (χ1v) is 11.3. The third kappa shape index (κ3) is 5.23. The number of hydrogen-bond donors (Lipinski definition) is 1. The average Bonchev–Trinajstić information content (AvgIpc) is 2.84. The average molecular weight is 461 g/mol. The Bertz CT molecular complexity index is 1260. The van der Waals surface area contributed by atoms with Crippen molar-refractivity contribution in [3.05, 3.63) is 77.8 Å². The highest BCUT2D eigenvalue weighted by molar-refractivity contribution is 6.30. The molecule has 7 heteroatoms. The molecule has 0 fully saturated rings. The molecule has 0 aliphatic heterocycles. The lowest BCUT2D eigenvalue weighted by molar-refractivity contribution is -0.132. The van der Waals surface area contributed by atoms with Crippen LogP contribution in [0.3, 0.4) is 0 Å². The van der Waals surface area contributed by atoms with E-state index in [1.807, 2.05) is 86.6 Å². The fraction of sp³-hybridized carbons (Fsp3) is 0.192. The molecular weight excluding hydrogens is 436 g/mol. The summed E-state index contributed by atoms with van der Waals surface area (Å²) in [5.41, 5.74) is 2.53. The first-order chi connectivity index (χ1) is 16.1. The van der Waals surface area contributed by atoms with Gasteiger partial charge in [-0.1, -0.05) is 41.9 Å². The van der Waals surface area contributed by atoms with Gasteiger partial charge in [0.2, 0.25) is 0 Å². The van der Waals surface area contributed by atoms with Crippen LogP contribution in [0, 0.1) is 0 Å². The highest BCUT2D eigenvalue weighted by Gasteiger charge is 2.13. The molecule has 3 aromatic carbocycles. The van der Waals surface area contributed by atoms with E-state index in [0.717, 1.165) is 27.7 Å². The quantitative estimate of drug-likeness (QED) is 0.352. The standard InChI is InChI=1S/C26H25ClN4O2/c1-3-31(4-2)24(32)17-33-21-14-12-18(13-15-21)25-22-10-5-6-11-23(22)26(30-29-25)28-20-9-7-8-19(27)16-20/h5-16H,3-4,17H2,1-2H3,(H,28,30). The van der Waals surface area contributed by atoms with Crippen LogP contribution in [0.15, 0.2) is 72.8 Å². The Morgan fingerprint density at radius 3 is 2.36 bits per heavy atom. The van der Waals surface area contributed by atoms with Crippen molar-refractivity contribution in [2.24, 2.45) is 0 Å². The molecule has 1 N–H and O–H groups in total. The number of benzene rings is 3. The summed E-state index contributed by atoms with van der Waals surface area (Å²) in [4.78, 5) is 13.9. The summed E-state index contributed by atoms with van der Waals surface area (Å²) >= 11 is 6.11. The van der Waals surface area contributed by atoms with Crippen LogP contribution in [0.4, 0.5) is 11.5 Å². The normalized spacial score (nSPS) is 10.8. The predicted molar refractivity (Wildman–Crippen MR) is 133 cm³/mol. The Hall–Kier alpha value is -3.64. The topological polar surface area (TPSA) is 67.4 Å². The van der Waals surface area contributed by atoms with Gasteiger partial charge in [0.05, 0.1) is 0 Å². The lowest BCUT2D eigenvalue weighted by Gasteiger charge is -2.18. The monoisotopic (exact) mass is 460 g/mol. The molecular formula is C26H25ClN4O2. The van der Waals surface area contributed by atoms with Gasteiger partial charge < -0.3 is 15.0 Å². The minimum absolute atomic E-state index is 0.0215. The summed E-state index contributed by atoms with van der Waals surface area (Å²) in [6.45, 7) is 5.28. The molecule has 6 nitrogen and oxygen atoms in total. The van der Waals surface area contributed by atoms with E-state index in [0.29, 0.717) is 29.7 Å². The molecule has 4 aromatic rings. The summed E-state index contributed by atoms with van der Waals surface area (Å²) in [6.07, 6.45) is 0. The van der Waals surface area contributed by atoms with Crippen molar-refractivity contribution in [1.29, 1.82) is 0 Å². The van der Waals surface area contributed by atoms with E-state index in [1.54, 1.807) is 4.90 Å². The van der Waals surface area contributed by atoms with Crippen LogP contribution in [-0.4, -0.2) is 40.7 Å². The lowest BCUT2D eigenvalue weighted by Crippen LogP contribution is -2.34. The van der Waals surface area contributed by atoms with E-state index in [1.165, 1.54) is 0 Å². The first-order valence-electron chi connectivity index (χ1n) is 10.9. The van der Waals surface area contributed by atoms with E-state index >= 15 is 0 Å². The molecule has 1 aromatic heterocycles. The maximum absolute atomic E-state index is 12.2. The third-order valence-corrected chi connectivity index (χ3v) is 5.62. The summed E-state index contributed by atoms with van der Waals surface area (Å²) in [5.74, 6) is 1.27. The van der Waals surface area contributed by atoms with Crippen LogP contribution in [0.1, 0.15) is 13.8 Å². The number of likely N-dealkylation sites (N-methyl/N-ethyl adjacent to an activating group) is 1. The molecule has 0 unspecified atom stereocenters. The molecule has 0 bridgehead atoms. The van der Waals surface area contributed by atoms with E-state index in [-0.39, 0.29) is 12.5 Å². The van der Waals surface area contributed by atoms with Crippen LogP contribution >= 0.6 is 11.6 Å². The molecule has 1 amide bonds. The van der Waals surface area contributed by atoms with Crippen LogP contribution in [0.5, 0.6) is 5.75 Å². The zero-order valence-corrected chi connectivity index (χ0v) is 19.3. The van der Waals surface area contributed by atoms with Crippen molar-refractivity contribution >= 4 is 39.8 Å². The molecule has 168 valence electrons. The van der Waals surface area contributed by atoms with Crippen LogP contribution in [0.2, 0.25) is 5.02 Å². The van der Waals surface area contributed by atoms with Crippen molar-refractivity contribution in [2.45, 2.75) is 13.8 Å². The van der Waals surface area contributed by atoms with Gasteiger partial charge in [-0.25, -0.2) is 0 Å². The van der Waals surface area contributed by atoms with Gasteiger partial charge >= 0.3 is 0 Å². The van der Waals surface area contributed by atoms with Gasteiger partial charge in [-0.05, 0) is 56.3 Å². The Morgan fingerprint density at radius 2 is 1.67 bits per heavy atom. The van der Waals surface area contributed by atoms with Gasteiger partial charge in [0.1, 0.15) is 11.4 Å². The number of nitrogens with zero attached hydrogens (tertiary/aromatic N) is 3. The molecule has 0 saturated carbocycles. The second kappa shape index (κ2) is 10.3. The predicted octanol–water partition coefficient (Wildman–Crippen LogP) is 5.94. The molecule has 1 heterocycles. The SMILES string of the molecule is CCN(CC)C(=O)COc1ccc(-c2nnc(Nc3cccc(Cl)c3)c3ccccc23)cc1. The number of aromatic nitrogens is 2. The van der Waals surface area contributed by atoms with Gasteiger partial charge in [-0.2, -0.15) is 0 Å².